The summed E-state index contributed by atoms with van der Waals surface area (Å²) in [5.41, 5.74) is 7.50. The molecule has 1 unspecified atom stereocenters. The van der Waals surface area contributed by atoms with Crippen LogP contribution in [0.1, 0.15) is 0 Å². The van der Waals surface area contributed by atoms with Gasteiger partial charge in [-0.25, -0.2) is 4.98 Å². The summed E-state index contributed by atoms with van der Waals surface area (Å²) in [6.45, 7) is -0.104. The summed E-state index contributed by atoms with van der Waals surface area (Å²) >= 11 is 0. The van der Waals surface area contributed by atoms with Crippen LogP contribution in [0.3, 0.4) is 0 Å². The zero-order chi connectivity index (χ0) is 13.8. The third-order valence-corrected chi connectivity index (χ3v) is 3.48. The number of nitriles is 1. The van der Waals surface area contributed by atoms with Crippen molar-refractivity contribution in [2.24, 2.45) is 0 Å². The van der Waals surface area contributed by atoms with Crippen molar-refractivity contribution >= 4 is 33.4 Å². The van der Waals surface area contributed by atoms with Crippen LogP contribution < -0.4 is 11.1 Å². The van der Waals surface area contributed by atoms with E-state index in [9.17, 15) is 9.00 Å². The van der Waals surface area contributed by atoms with Crippen molar-refractivity contribution in [3.05, 3.63) is 18.2 Å². The maximum atomic E-state index is 11.9. The molecular formula is C11H11N5O2S. The molecule has 1 heterocycles. The predicted molar refractivity (Wildman–Crippen MR) is 70.4 cm³/mol. The molecule has 0 saturated carbocycles. The van der Waals surface area contributed by atoms with Gasteiger partial charge in [-0.15, -0.1) is 0 Å². The number of hydrogen-bond donors (Lipinski definition) is 3. The van der Waals surface area contributed by atoms with Gasteiger partial charge >= 0.3 is 0 Å². The second-order valence-electron chi connectivity index (χ2n) is 3.74. The SMILES string of the molecule is N#CCNC(=O)CS(=O)c1nc2ccc(N)cc2[nH]1. The van der Waals surface area contributed by atoms with Crippen LogP contribution in [0, 0.1) is 11.3 Å². The second kappa shape index (κ2) is 5.49. The highest BCUT2D eigenvalue weighted by Gasteiger charge is 2.14. The molecule has 2 rings (SSSR count). The lowest BCUT2D eigenvalue weighted by molar-refractivity contribution is -0.118. The summed E-state index contributed by atoms with van der Waals surface area (Å²) < 4.78 is 11.9. The number of amides is 1. The standard InChI is InChI=1S/C11H11N5O2S/c12-3-4-14-10(17)6-19(18)11-15-8-2-1-7(13)5-9(8)16-11/h1-2,5H,4,6,13H2,(H,14,17)(H,15,16). The molecule has 7 nitrogen and oxygen atoms in total. The summed E-state index contributed by atoms with van der Waals surface area (Å²) in [4.78, 5) is 18.3. The number of carbonyl (C=O) groups excluding carboxylic acids is 1. The van der Waals surface area contributed by atoms with Gasteiger partial charge in [-0.2, -0.15) is 5.26 Å². The molecule has 0 bridgehead atoms. The fourth-order valence-corrected chi connectivity index (χ4v) is 2.39. The van der Waals surface area contributed by atoms with Gasteiger partial charge in [0.25, 0.3) is 0 Å². The Morgan fingerprint density at radius 2 is 2.37 bits per heavy atom. The summed E-state index contributed by atoms with van der Waals surface area (Å²) in [5.74, 6) is -0.698. The lowest BCUT2D eigenvalue weighted by atomic mass is 10.3. The van der Waals surface area contributed by atoms with Crippen molar-refractivity contribution in [2.45, 2.75) is 5.16 Å². The van der Waals surface area contributed by atoms with Crippen LogP contribution in [0.5, 0.6) is 0 Å². The Morgan fingerprint density at radius 3 is 3.11 bits per heavy atom. The summed E-state index contributed by atoms with van der Waals surface area (Å²) in [6.07, 6.45) is 0. The van der Waals surface area contributed by atoms with Gasteiger partial charge in [0, 0.05) is 5.69 Å². The summed E-state index contributed by atoms with van der Waals surface area (Å²) in [6, 6.07) is 6.85. The first-order valence-electron chi connectivity index (χ1n) is 5.37. The Hall–Kier alpha value is -2.40. The molecule has 1 aromatic heterocycles. The Bertz CT molecular complexity index is 688. The fourth-order valence-electron chi connectivity index (χ4n) is 1.49. The number of H-pyrrole nitrogens is 1. The number of nitrogens with one attached hydrogen (secondary N) is 2. The van der Waals surface area contributed by atoms with Crippen LogP contribution in [0.4, 0.5) is 5.69 Å². The number of rotatable bonds is 4. The molecule has 1 atom stereocenters. The highest BCUT2D eigenvalue weighted by atomic mass is 32.2. The van der Waals surface area contributed by atoms with Gasteiger partial charge in [-0.3, -0.25) is 9.00 Å². The van der Waals surface area contributed by atoms with E-state index in [4.69, 9.17) is 11.0 Å². The van der Waals surface area contributed by atoms with Crippen molar-refractivity contribution in [2.75, 3.05) is 18.0 Å². The minimum atomic E-state index is -1.59. The number of aromatic nitrogens is 2. The average Bonchev–Trinajstić information content (AvgIpc) is 2.79. The van der Waals surface area contributed by atoms with Crippen LogP contribution in [-0.4, -0.2) is 32.4 Å². The highest BCUT2D eigenvalue weighted by molar-refractivity contribution is 7.85. The minimum absolute atomic E-state index is 0.104. The molecule has 0 radical (unpaired) electrons. The van der Waals surface area contributed by atoms with Crippen molar-refractivity contribution in [3.63, 3.8) is 0 Å². The highest BCUT2D eigenvalue weighted by Crippen LogP contribution is 2.16. The van der Waals surface area contributed by atoms with E-state index in [0.29, 0.717) is 16.7 Å². The molecule has 0 aliphatic carbocycles. The van der Waals surface area contributed by atoms with Gasteiger partial charge in [-0.1, -0.05) is 0 Å². The van der Waals surface area contributed by atoms with E-state index in [0.717, 1.165) is 0 Å². The van der Waals surface area contributed by atoms with E-state index in [2.05, 4.69) is 15.3 Å². The van der Waals surface area contributed by atoms with Crippen LogP contribution in [0.2, 0.25) is 0 Å². The predicted octanol–water partition coefficient (Wildman–Crippen LogP) is -0.108. The van der Waals surface area contributed by atoms with Gasteiger partial charge in [0.1, 0.15) is 12.3 Å². The molecular weight excluding hydrogens is 266 g/mol. The van der Waals surface area contributed by atoms with Gasteiger partial charge in [-0.05, 0) is 18.2 Å². The third kappa shape index (κ3) is 3.08. The van der Waals surface area contributed by atoms with Gasteiger partial charge in [0.15, 0.2) is 5.16 Å². The fraction of sp³-hybridized carbons (Fsp3) is 0.182. The zero-order valence-corrected chi connectivity index (χ0v) is 10.7. The monoisotopic (exact) mass is 277 g/mol. The maximum Gasteiger partial charge on any atom is 0.233 e. The van der Waals surface area contributed by atoms with Crippen LogP contribution >= 0.6 is 0 Å². The van der Waals surface area contributed by atoms with E-state index < -0.39 is 16.7 Å². The van der Waals surface area contributed by atoms with E-state index in [1.165, 1.54) is 0 Å². The molecule has 0 spiro atoms. The molecule has 98 valence electrons. The quantitative estimate of drug-likeness (QED) is 0.531. The Labute approximate surface area is 111 Å². The zero-order valence-electron chi connectivity index (χ0n) is 9.84. The molecule has 0 aliphatic rings. The number of imidazole rings is 1. The Kier molecular flexibility index (Phi) is 3.77. The lowest BCUT2D eigenvalue weighted by Crippen LogP contribution is -2.28. The van der Waals surface area contributed by atoms with Crippen molar-refractivity contribution < 1.29 is 9.00 Å². The first kappa shape index (κ1) is 13.0. The smallest absolute Gasteiger partial charge is 0.233 e. The number of anilines is 1. The molecule has 4 N–H and O–H groups in total. The number of nitrogens with zero attached hydrogens (tertiary/aromatic N) is 2. The van der Waals surface area contributed by atoms with Crippen LogP contribution in [0.15, 0.2) is 23.4 Å². The minimum Gasteiger partial charge on any atom is -0.399 e. The first-order chi connectivity index (χ1) is 9.10. The number of hydrogen-bond acceptors (Lipinski definition) is 5. The maximum absolute atomic E-state index is 11.9. The van der Waals surface area contributed by atoms with E-state index in [-0.39, 0.29) is 17.5 Å². The van der Waals surface area contributed by atoms with Crippen molar-refractivity contribution in [1.29, 1.82) is 5.26 Å². The van der Waals surface area contributed by atoms with Crippen LogP contribution in [0.25, 0.3) is 11.0 Å². The Morgan fingerprint density at radius 1 is 1.58 bits per heavy atom. The number of benzene rings is 1. The third-order valence-electron chi connectivity index (χ3n) is 2.33. The molecule has 8 heteroatoms. The lowest BCUT2D eigenvalue weighted by Gasteiger charge is -1.98. The molecule has 0 saturated heterocycles. The molecule has 2 aromatic rings. The number of carbonyl (C=O) groups is 1. The van der Waals surface area contributed by atoms with E-state index in [1.54, 1.807) is 24.3 Å². The molecule has 1 amide bonds. The molecule has 0 fully saturated rings. The molecule has 19 heavy (non-hydrogen) atoms. The van der Waals surface area contributed by atoms with Gasteiger partial charge in [0.2, 0.25) is 5.91 Å². The van der Waals surface area contributed by atoms with Crippen LogP contribution in [-0.2, 0) is 15.6 Å². The Balaban J connectivity index is 2.13. The first-order valence-corrected chi connectivity index (χ1v) is 6.69. The topological polar surface area (TPSA) is 125 Å². The number of aromatic amines is 1. The summed E-state index contributed by atoms with van der Waals surface area (Å²) in [7, 11) is -1.59. The number of fused-ring (bicyclic) bond motifs is 1. The van der Waals surface area contributed by atoms with Crippen molar-refractivity contribution in [3.8, 4) is 6.07 Å². The van der Waals surface area contributed by atoms with Crippen molar-refractivity contribution in [1.82, 2.24) is 15.3 Å². The number of nitrogen functional groups attached to an aromatic ring is 1. The van der Waals surface area contributed by atoms with Gasteiger partial charge in [0.05, 0.1) is 27.9 Å². The average molecular weight is 277 g/mol. The second-order valence-corrected chi connectivity index (χ2v) is 5.11. The largest absolute Gasteiger partial charge is 0.399 e. The normalized spacial score (nSPS) is 11.9. The molecule has 0 aliphatic heterocycles. The van der Waals surface area contributed by atoms with E-state index in [1.807, 2.05) is 0 Å². The summed E-state index contributed by atoms with van der Waals surface area (Å²) in [5, 5.41) is 10.9. The van der Waals surface area contributed by atoms with E-state index >= 15 is 0 Å². The molecule has 1 aromatic carbocycles. The number of nitrogens with two attached hydrogens (primary N) is 1. The van der Waals surface area contributed by atoms with Gasteiger partial charge < -0.3 is 16.0 Å².